The molecule has 336 valence electrons. The second kappa shape index (κ2) is 46.8. The van der Waals surface area contributed by atoms with Crippen molar-refractivity contribution in [2.75, 3.05) is 13.2 Å². The van der Waals surface area contributed by atoms with Crippen LogP contribution >= 0.6 is 0 Å². The van der Waals surface area contributed by atoms with Crippen molar-refractivity contribution in [3.05, 3.63) is 12.2 Å². The maximum absolute atomic E-state index is 12.7. The molecule has 0 aliphatic carbocycles. The average Bonchev–Trinajstić information content (AvgIpc) is 3.21. The molecule has 0 aromatic carbocycles. The van der Waals surface area contributed by atoms with Crippen LogP contribution in [-0.2, 0) is 28.6 Å². The molecule has 1 atom stereocenters. The Kier molecular flexibility index (Phi) is 45.3. The van der Waals surface area contributed by atoms with E-state index in [0.29, 0.717) is 19.3 Å². The first-order valence-corrected chi connectivity index (χ1v) is 25.2. The minimum Gasteiger partial charge on any atom is -0.462 e. The van der Waals surface area contributed by atoms with E-state index in [9.17, 15) is 14.4 Å². The largest absolute Gasteiger partial charge is 0.462 e. The van der Waals surface area contributed by atoms with Crippen LogP contribution < -0.4 is 0 Å². The van der Waals surface area contributed by atoms with Gasteiger partial charge >= 0.3 is 17.9 Å². The number of allylic oxidation sites excluding steroid dienone is 2. The number of carbonyl (C=O) groups is 3. The van der Waals surface area contributed by atoms with Crippen LogP contribution in [0.1, 0.15) is 278 Å². The normalized spacial score (nSPS) is 12.0. The van der Waals surface area contributed by atoms with Crippen molar-refractivity contribution in [1.29, 1.82) is 0 Å². The van der Waals surface area contributed by atoms with Gasteiger partial charge in [-0.1, -0.05) is 226 Å². The molecule has 0 aromatic heterocycles. The van der Waals surface area contributed by atoms with E-state index >= 15 is 0 Å². The van der Waals surface area contributed by atoms with E-state index in [4.69, 9.17) is 14.2 Å². The minimum atomic E-state index is -0.763. The summed E-state index contributed by atoms with van der Waals surface area (Å²) in [5.74, 6) is -0.860. The third kappa shape index (κ3) is 45.1. The Morgan fingerprint density at radius 1 is 0.333 bits per heavy atom. The van der Waals surface area contributed by atoms with Crippen LogP contribution in [0.4, 0.5) is 0 Å². The van der Waals surface area contributed by atoms with Gasteiger partial charge in [0.05, 0.1) is 0 Å². The molecule has 0 aliphatic heterocycles. The molecule has 0 rings (SSSR count). The van der Waals surface area contributed by atoms with Crippen LogP contribution in [0, 0.1) is 0 Å². The van der Waals surface area contributed by atoms with Gasteiger partial charge in [-0.15, -0.1) is 0 Å². The number of unbranched alkanes of at least 4 members (excludes halogenated alkanes) is 33. The van der Waals surface area contributed by atoms with Crippen molar-refractivity contribution in [3.63, 3.8) is 0 Å². The number of esters is 3. The summed E-state index contributed by atoms with van der Waals surface area (Å²) in [7, 11) is 0. The summed E-state index contributed by atoms with van der Waals surface area (Å²) in [6.45, 7) is 6.64. The Morgan fingerprint density at radius 2 is 0.579 bits per heavy atom. The number of carbonyl (C=O) groups excluding carboxylic acids is 3. The van der Waals surface area contributed by atoms with Gasteiger partial charge in [-0.05, 0) is 44.9 Å². The lowest BCUT2D eigenvalue weighted by Gasteiger charge is -2.18. The summed E-state index contributed by atoms with van der Waals surface area (Å²) in [4.78, 5) is 37.8. The number of ether oxygens (including phenoxy) is 3. The Bertz CT molecular complexity index is 885. The van der Waals surface area contributed by atoms with Crippen LogP contribution in [0.25, 0.3) is 0 Å². The molecule has 0 aromatic rings. The molecule has 0 heterocycles. The van der Waals surface area contributed by atoms with Crippen LogP contribution in [0.3, 0.4) is 0 Å². The molecule has 6 nitrogen and oxygen atoms in total. The first-order valence-electron chi connectivity index (χ1n) is 25.2. The molecule has 0 radical (unpaired) electrons. The molecule has 0 saturated carbocycles. The zero-order valence-corrected chi connectivity index (χ0v) is 38.4. The first-order chi connectivity index (χ1) is 28.0. The van der Waals surface area contributed by atoms with Gasteiger partial charge in [0.2, 0.25) is 0 Å². The van der Waals surface area contributed by atoms with Crippen LogP contribution in [0.2, 0.25) is 0 Å². The van der Waals surface area contributed by atoms with E-state index in [-0.39, 0.29) is 31.1 Å². The lowest BCUT2D eigenvalue weighted by Crippen LogP contribution is -2.30. The third-order valence-electron chi connectivity index (χ3n) is 11.3. The van der Waals surface area contributed by atoms with E-state index in [2.05, 4.69) is 32.9 Å². The molecule has 0 amide bonds. The van der Waals surface area contributed by atoms with Gasteiger partial charge in [0.25, 0.3) is 0 Å². The van der Waals surface area contributed by atoms with Crippen molar-refractivity contribution in [2.24, 2.45) is 0 Å². The van der Waals surface area contributed by atoms with E-state index in [0.717, 1.165) is 57.8 Å². The standard InChI is InChI=1S/C51H96O6/c1-4-7-10-13-16-19-22-23-24-25-26-27-28-30-32-35-38-41-44-50(53)56-47-48(46-55-49(52)43-40-37-34-31-21-18-15-12-9-6-3)57-51(54)45-42-39-36-33-29-20-17-14-11-8-5-2/h24-25,48H,4-23,26-47H2,1-3H3/b25-24-. The van der Waals surface area contributed by atoms with Crippen LogP contribution in [0.15, 0.2) is 12.2 Å². The number of rotatable bonds is 46. The van der Waals surface area contributed by atoms with E-state index in [1.807, 2.05) is 0 Å². The Balaban J connectivity index is 4.26. The molecule has 0 spiro atoms. The van der Waals surface area contributed by atoms with Crippen molar-refractivity contribution in [1.82, 2.24) is 0 Å². The molecule has 0 N–H and O–H groups in total. The summed E-state index contributed by atoms with van der Waals surface area (Å²) >= 11 is 0. The molecular formula is C51H96O6. The highest BCUT2D eigenvalue weighted by Crippen LogP contribution is 2.15. The fraction of sp³-hybridized carbons (Fsp3) is 0.902. The van der Waals surface area contributed by atoms with Gasteiger partial charge in [0.15, 0.2) is 6.10 Å². The zero-order chi connectivity index (χ0) is 41.5. The predicted octanol–water partition coefficient (Wildman–Crippen LogP) is 16.2. The molecule has 6 heteroatoms. The first kappa shape index (κ1) is 55.2. The SMILES string of the molecule is CCCCCCCCC/C=C\CCCCCCCCCC(=O)OCC(COC(=O)CCCCCCCCCCCC)OC(=O)CCCCCCCCCCCCC. The van der Waals surface area contributed by atoms with Crippen molar-refractivity contribution < 1.29 is 28.6 Å². The predicted molar refractivity (Wildman–Crippen MR) is 243 cm³/mol. The van der Waals surface area contributed by atoms with E-state index in [1.165, 1.54) is 180 Å². The molecule has 0 bridgehead atoms. The Morgan fingerprint density at radius 3 is 0.877 bits per heavy atom. The van der Waals surface area contributed by atoms with Crippen molar-refractivity contribution in [2.45, 2.75) is 284 Å². The van der Waals surface area contributed by atoms with Gasteiger partial charge < -0.3 is 14.2 Å². The maximum Gasteiger partial charge on any atom is 0.306 e. The minimum absolute atomic E-state index is 0.0666. The van der Waals surface area contributed by atoms with Gasteiger partial charge in [0.1, 0.15) is 13.2 Å². The highest BCUT2D eigenvalue weighted by molar-refractivity contribution is 5.71. The van der Waals surface area contributed by atoms with Crippen molar-refractivity contribution >= 4 is 17.9 Å². The molecule has 0 fully saturated rings. The van der Waals surface area contributed by atoms with Gasteiger partial charge in [-0.3, -0.25) is 14.4 Å². The average molecular weight is 805 g/mol. The summed E-state index contributed by atoms with van der Waals surface area (Å²) in [5, 5.41) is 0. The summed E-state index contributed by atoms with van der Waals surface area (Å²) < 4.78 is 16.7. The summed E-state index contributed by atoms with van der Waals surface area (Å²) in [6, 6.07) is 0. The monoisotopic (exact) mass is 805 g/mol. The summed E-state index contributed by atoms with van der Waals surface area (Å²) in [5.41, 5.74) is 0. The summed E-state index contributed by atoms with van der Waals surface area (Å²) in [6.07, 6.45) is 50.5. The number of hydrogen-bond donors (Lipinski definition) is 0. The highest BCUT2D eigenvalue weighted by atomic mass is 16.6. The second-order valence-electron chi connectivity index (χ2n) is 17.1. The van der Waals surface area contributed by atoms with E-state index < -0.39 is 6.10 Å². The molecular weight excluding hydrogens is 709 g/mol. The van der Waals surface area contributed by atoms with Crippen LogP contribution in [0.5, 0.6) is 0 Å². The fourth-order valence-electron chi connectivity index (χ4n) is 7.44. The molecule has 0 aliphatic rings. The van der Waals surface area contributed by atoms with Crippen molar-refractivity contribution in [3.8, 4) is 0 Å². The van der Waals surface area contributed by atoms with Crippen LogP contribution in [-0.4, -0.2) is 37.2 Å². The zero-order valence-electron chi connectivity index (χ0n) is 38.4. The quantitative estimate of drug-likeness (QED) is 0.0264. The maximum atomic E-state index is 12.7. The van der Waals surface area contributed by atoms with Gasteiger partial charge in [-0.25, -0.2) is 0 Å². The highest BCUT2D eigenvalue weighted by Gasteiger charge is 2.19. The van der Waals surface area contributed by atoms with Gasteiger partial charge in [-0.2, -0.15) is 0 Å². The molecule has 57 heavy (non-hydrogen) atoms. The lowest BCUT2D eigenvalue weighted by atomic mass is 10.1. The topological polar surface area (TPSA) is 78.9 Å². The molecule has 1 unspecified atom stereocenters. The Hall–Kier alpha value is -1.85. The molecule has 0 saturated heterocycles. The van der Waals surface area contributed by atoms with E-state index in [1.54, 1.807) is 0 Å². The second-order valence-corrected chi connectivity index (χ2v) is 17.1. The third-order valence-corrected chi connectivity index (χ3v) is 11.3. The lowest BCUT2D eigenvalue weighted by molar-refractivity contribution is -0.167. The number of hydrogen-bond acceptors (Lipinski definition) is 6. The fourth-order valence-corrected chi connectivity index (χ4v) is 7.44. The van der Waals surface area contributed by atoms with Gasteiger partial charge in [0, 0.05) is 19.3 Å². The Labute approximate surface area is 354 Å². The smallest absolute Gasteiger partial charge is 0.306 e.